The number of rotatable bonds is 2. The lowest BCUT2D eigenvalue weighted by molar-refractivity contribution is 0.789. The number of hydrogen-bond acceptors (Lipinski definition) is 2. The largest absolute Gasteiger partial charge is 0.283 e. The van der Waals surface area contributed by atoms with Crippen molar-refractivity contribution in [2.45, 2.75) is 26.7 Å². The van der Waals surface area contributed by atoms with Crippen molar-refractivity contribution in [3.8, 4) is 0 Å². The topological polar surface area (TPSA) is 46.0 Å². The number of aromatic nitrogens is 4. The Hall–Kier alpha value is -1.32. The van der Waals surface area contributed by atoms with Crippen molar-refractivity contribution < 1.29 is 0 Å². The van der Waals surface area contributed by atoms with E-state index in [4.69, 9.17) is 0 Å². The average molecular weight is 164 g/mol. The lowest BCUT2D eigenvalue weighted by Crippen LogP contribution is -1.87. The Morgan fingerprint density at radius 1 is 1.42 bits per heavy atom. The number of aromatic amines is 1. The molecule has 0 fully saturated rings. The average Bonchev–Trinajstić information content (AvgIpc) is 2.61. The molecule has 2 rings (SSSR count). The Kier molecular flexibility index (Phi) is 1.60. The van der Waals surface area contributed by atoms with E-state index in [-0.39, 0.29) is 0 Å². The van der Waals surface area contributed by atoms with Gasteiger partial charge >= 0.3 is 0 Å². The number of fused-ring (bicyclic) bond motifs is 1. The number of nitrogens with one attached hydrogen (secondary N) is 1. The van der Waals surface area contributed by atoms with E-state index < -0.39 is 0 Å². The van der Waals surface area contributed by atoms with Gasteiger partial charge in [0.1, 0.15) is 0 Å². The fourth-order valence-corrected chi connectivity index (χ4v) is 1.27. The molecular formula is C8H12N4. The predicted octanol–water partition coefficient (Wildman–Crippen LogP) is 1.18. The molecule has 0 aromatic carbocycles. The van der Waals surface area contributed by atoms with Gasteiger partial charge in [0.2, 0.25) is 0 Å². The molecule has 2 aromatic heterocycles. The van der Waals surface area contributed by atoms with Crippen LogP contribution in [0.25, 0.3) is 5.65 Å². The van der Waals surface area contributed by atoms with E-state index in [9.17, 15) is 0 Å². The van der Waals surface area contributed by atoms with Gasteiger partial charge < -0.3 is 0 Å². The fraction of sp³-hybridized carbons (Fsp3) is 0.500. The van der Waals surface area contributed by atoms with Crippen molar-refractivity contribution in [2.75, 3.05) is 0 Å². The maximum Gasteiger partial charge on any atom is 0.178 e. The van der Waals surface area contributed by atoms with E-state index in [2.05, 4.69) is 29.0 Å². The Balaban J connectivity index is 2.60. The zero-order chi connectivity index (χ0) is 8.55. The number of aryl methyl sites for hydroxylation is 2. The number of hydrogen-bond donors (Lipinski definition) is 1. The van der Waals surface area contributed by atoms with E-state index in [0.29, 0.717) is 0 Å². The molecule has 0 bridgehead atoms. The predicted molar refractivity (Wildman–Crippen MR) is 46.1 cm³/mol. The van der Waals surface area contributed by atoms with Gasteiger partial charge in [-0.25, -0.2) is 4.98 Å². The molecule has 0 spiro atoms. The van der Waals surface area contributed by atoms with Crippen molar-refractivity contribution >= 4 is 5.65 Å². The highest BCUT2D eigenvalue weighted by Gasteiger charge is 2.06. The molecule has 0 amide bonds. The van der Waals surface area contributed by atoms with Crippen molar-refractivity contribution in [3.63, 3.8) is 0 Å². The van der Waals surface area contributed by atoms with Gasteiger partial charge in [-0.05, 0) is 6.42 Å². The molecule has 0 aliphatic carbocycles. The van der Waals surface area contributed by atoms with Gasteiger partial charge in [0, 0.05) is 18.2 Å². The Morgan fingerprint density at radius 3 is 2.92 bits per heavy atom. The van der Waals surface area contributed by atoms with Gasteiger partial charge in [0.15, 0.2) is 11.5 Å². The van der Waals surface area contributed by atoms with Crippen LogP contribution in [0.3, 0.4) is 0 Å². The molecule has 2 aromatic rings. The number of nitrogens with zero attached hydrogens (tertiary/aromatic N) is 3. The molecule has 0 atom stereocenters. The summed E-state index contributed by atoms with van der Waals surface area (Å²) in [6.07, 6.45) is 3.84. The Labute approximate surface area is 70.6 Å². The van der Waals surface area contributed by atoms with E-state index in [1.54, 1.807) is 4.63 Å². The summed E-state index contributed by atoms with van der Waals surface area (Å²) in [4.78, 5) is 4.38. The molecule has 0 radical (unpaired) electrons. The highest BCUT2D eigenvalue weighted by Crippen LogP contribution is 2.08. The molecule has 1 N–H and O–H groups in total. The van der Waals surface area contributed by atoms with Gasteiger partial charge in [-0.2, -0.15) is 4.63 Å². The first-order chi connectivity index (χ1) is 5.85. The molecule has 0 aliphatic heterocycles. The van der Waals surface area contributed by atoms with Crippen LogP contribution >= 0.6 is 0 Å². The third-order valence-electron chi connectivity index (χ3n) is 2.00. The first-order valence-electron chi connectivity index (χ1n) is 4.27. The molecular weight excluding hydrogens is 152 g/mol. The highest BCUT2D eigenvalue weighted by atomic mass is 15.5. The second-order valence-corrected chi connectivity index (χ2v) is 2.77. The second-order valence-electron chi connectivity index (χ2n) is 2.77. The summed E-state index contributed by atoms with van der Waals surface area (Å²) in [5, 5.41) is 7.29. The van der Waals surface area contributed by atoms with E-state index in [0.717, 1.165) is 24.3 Å². The molecule has 0 saturated heterocycles. The molecule has 12 heavy (non-hydrogen) atoms. The van der Waals surface area contributed by atoms with Crippen LogP contribution in [-0.2, 0) is 12.8 Å². The van der Waals surface area contributed by atoms with Crippen LogP contribution in [0.1, 0.15) is 25.2 Å². The molecule has 64 valence electrons. The van der Waals surface area contributed by atoms with Crippen LogP contribution in [0.5, 0.6) is 0 Å². The molecule has 0 aliphatic rings. The van der Waals surface area contributed by atoms with Crippen molar-refractivity contribution in [1.29, 1.82) is 0 Å². The minimum absolute atomic E-state index is 0.888. The molecule has 0 unspecified atom stereocenters. The van der Waals surface area contributed by atoms with Crippen molar-refractivity contribution in [1.82, 2.24) is 19.8 Å². The lowest BCUT2D eigenvalue weighted by atomic mass is 10.3. The monoisotopic (exact) mass is 164 g/mol. The number of H-pyrrole nitrogens is 1. The summed E-state index contributed by atoms with van der Waals surface area (Å²) in [6.45, 7) is 4.17. The van der Waals surface area contributed by atoms with E-state index in [1.807, 2.05) is 6.20 Å². The summed E-state index contributed by atoms with van der Waals surface area (Å²) in [6, 6.07) is 0. The fourth-order valence-electron chi connectivity index (χ4n) is 1.27. The first-order valence-corrected chi connectivity index (χ1v) is 4.27. The van der Waals surface area contributed by atoms with Crippen LogP contribution in [-0.4, -0.2) is 19.8 Å². The molecule has 2 heterocycles. The normalized spacial score (nSPS) is 11.2. The quantitative estimate of drug-likeness (QED) is 0.724. The lowest BCUT2D eigenvalue weighted by Gasteiger charge is -1.83. The SMILES string of the molecule is CCc1nc2c(CC)c[nH]n2n1. The van der Waals surface area contributed by atoms with Gasteiger partial charge in [0.25, 0.3) is 0 Å². The summed E-state index contributed by atoms with van der Waals surface area (Å²) < 4.78 is 1.73. The van der Waals surface area contributed by atoms with Gasteiger partial charge in [0.05, 0.1) is 0 Å². The van der Waals surface area contributed by atoms with Crippen LogP contribution in [0.4, 0.5) is 0 Å². The van der Waals surface area contributed by atoms with Crippen molar-refractivity contribution in [2.24, 2.45) is 0 Å². The molecule has 4 nitrogen and oxygen atoms in total. The van der Waals surface area contributed by atoms with Gasteiger partial charge in [-0.3, -0.25) is 5.10 Å². The molecule has 0 saturated carbocycles. The second kappa shape index (κ2) is 2.62. The maximum atomic E-state index is 4.38. The third-order valence-corrected chi connectivity index (χ3v) is 2.00. The first kappa shape index (κ1) is 7.34. The van der Waals surface area contributed by atoms with Crippen LogP contribution in [0, 0.1) is 0 Å². The maximum absolute atomic E-state index is 4.38. The zero-order valence-corrected chi connectivity index (χ0v) is 7.33. The summed E-state index contributed by atoms with van der Waals surface area (Å²) in [5.74, 6) is 0.900. The van der Waals surface area contributed by atoms with Crippen LogP contribution in [0.15, 0.2) is 6.20 Å². The van der Waals surface area contributed by atoms with E-state index in [1.165, 1.54) is 5.56 Å². The summed E-state index contributed by atoms with van der Waals surface area (Å²) in [5.41, 5.74) is 2.19. The summed E-state index contributed by atoms with van der Waals surface area (Å²) in [7, 11) is 0. The zero-order valence-electron chi connectivity index (χ0n) is 7.33. The van der Waals surface area contributed by atoms with Gasteiger partial charge in [-0.1, -0.05) is 13.8 Å². The van der Waals surface area contributed by atoms with E-state index >= 15 is 0 Å². The Bertz CT molecular complexity index is 385. The minimum Gasteiger partial charge on any atom is -0.283 e. The Morgan fingerprint density at radius 2 is 2.25 bits per heavy atom. The van der Waals surface area contributed by atoms with Crippen molar-refractivity contribution in [3.05, 3.63) is 17.6 Å². The standard InChI is InChI=1S/C8H12N4/c1-3-6-5-9-12-8(6)10-7(4-2)11-12/h5,9H,3-4H2,1-2H3. The van der Waals surface area contributed by atoms with Gasteiger partial charge in [-0.15, -0.1) is 5.10 Å². The van der Waals surface area contributed by atoms with Crippen LogP contribution in [0.2, 0.25) is 0 Å². The van der Waals surface area contributed by atoms with Crippen LogP contribution < -0.4 is 0 Å². The third kappa shape index (κ3) is 0.913. The summed E-state index contributed by atoms with van der Waals surface area (Å²) >= 11 is 0. The molecule has 4 heteroatoms. The highest BCUT2D eigenvalue weighted by molar-refractivity contribution is 5.45. The minimum atomic E-state index is 0.888. The smallest absolute Gasteiger partial charge is 0.178 e.